The molecule has 23 heavy (non-hydrogen) atoms. The first-order valence-corrected chi connectivity index (χ1v) is 9.58. The van der Waals surface area contributed by atoms with E-state index in [0.29, 0.717) is 18.7 Å². The lowest BCUT2D eigenvalue weighted by Crippen LogP contribution is -2.48. The number of hydrogen-bond donors (Lipinski definition) is 1. The van der Waals surface area contributed by atoms with E-state index in [-0.39, 0.29) is 18.4 Å². The van der Waals surface area contributed by atoms with E-state index < -0.39 is 16.3 Å². The lowest BCUT2D eigenvalue weighted by atomic mass is 10.1. The summed E-state index contributed by atoms with van der Waals surface area (Å²) in [5, 5.41) is 10.4. The second-order valence-electron chi connectivity index (χ2n) is 6.34. The predicted molar refractivity (Wildman–Crippen MR) is 85.4 cm³/mol. The highest BCUT2D eigenvalue weighted by Gasteiger charge is 2.41. The summed E-state index contributed by atoms with van der Waals surface area (Å²) in [5.41, 5.74) is 0.533. The minimum Gasteiger partial charge on any atom is -0.387 e. The van der Waals surface area contributed by atoms with Crippen LogP contribution in [0.3, 0.4) is 0 Å². The molecular weight excluding hydrogens is 319 g/mol. The first kappa shape index (κ1) is 16.8. The molecule has 1 atom stereocenters. The normalized spacial score (nSPS) is 21.5. The van der Waals surface area contributed by atoms with Gasteiger partial charge in [-0.25, -0.2) is 4.39 Å². The number of rotatable bonds is 6. The van der Waals surface area contributed by atoms with Crippen LogP contribution in [0.5, 0.6) is 0 Å². The monoisotopic (exact) mass is 342 g/mol. The molecule has 1 aliphatic heterocycles. The van der Waals surface area contributed by atoms with Gasteiger partial charge in [-0.3, -0.25) is 0 Å². The number of piperidine rings is 1. The van der Waals surface area contributed by atoms with E-state index in [0.717, 1.165) is 32.1 Å². The van der Waals surface area contributed by atoms with Gasteiger partial charge in [-0.2, -0.15) is 17.0 Å². The molecule has 0 amide bonds. The molecule has 0 spiro atoms. The standard InChI is InChI=1S/C16H23FN2O3S/c17-14-6-4-13(5-7-14)16(20)12-19(15-8-9-15)23(21,22)18-10-2-1-3-11-18/h4-7,15-16,20H,1-3,8-12H2/t16-/m0/s1. The fraction of sp³-hybridized carbons (Fsp3) is 0.625. The smallest absolute Gasteiger partial charge is 0.282 e. The number of benzene rings is 1. The number of aliphatic hydroxyl groups is 1. The van der Waals surface area contributed by atoms with Gasteiger partial charge in [-0.05, 0) is 43.4 Å². The molecule has 5 nitrogen and oxygen atoms in total. The lowest BCUT2D eigenvalue weighted by molar-refractivity contribution is 0.141. The van der Waals surface area contributed by atoms with E-state index in [1.54, 1.807) is 0 Å². The Bertz CT molecular complexity index is 625. The van der Waals surface area contributed by atoms with Crippen molar-refractivity contribution in [1.29, 1.82) is 0 Å². The highest BCUT2D eigenvalue weighted by molar-refractivity contribution is 7.86. The number of halogens is 1. The summed E-state index contributed by atoms with van der Waals surface area (Å²) in [5.74, 6) is -0.374. The highest BCUT2D eigenvalue weighted by atomic mass is 32.2. The molecule has 1 aliphatic carbocycles. The molecule has 2 aliphatic rings. The Balaban J connectivity index is 1.74. The molecule has 0 radical (unpaired) electrons. The molecular formula is C16H23FN2O3S. The lowest BCUT2D eigenvalue weighted by Gasteiger charge is -2.33. The van der Waals surface area contributed by atoms with Gasteiger partial charge >= 0.3 is 0 Å². The quantitative estimate of drug-likeness (QED) is 0.861. The van der Waals surface area contributed by atoms with Gasteiger partial charge in [0, 0.05) is 25.7 Å². The Morgan fingerprint density at radius 3 is 2.35 bits per heavy atom. The second-order valence-corrected chi connectivity index (χ2v) is 8.22. The van der Waals surface area contributed by atoms with Crippen molar-refractivity contribution in [3.05, 3.63) is 35.6 Å². The molecule has 1 aromatic carbocycles. The van der Waals surface area contributed by atoms with Crippen LogP contribution in [0.2, 0.25) is 0 Å². The molecule has 1 heterocycles. The van der Waals surface area contributed by atoms with Crippen molar-refractivity contribution >= 4 is 10.2 Å². The van der Waals surface area contributed by atoms with Gasteiger partial charge in [-0.15, -0.1) is 0 Å². The third kappa shape index (κ3) is 3.91. The van der Waals surface area contributed by atoms with Gasteiger partial charge in [-0.1, -0.05) is 18.6 Å². The molecule has 1 saturated heterocycles. The van der Waals surface area contributed by atoms with Crippen LogP contribution in [0.4, 0.5) is 4.39 Å². The molecule has 0 bridgehead atoms. The zero-order chi connectivity index (χ0) is 16.4. The molecule has 0 aromatic heterocycles. The molecule has 1 aromatic rings. The van der Waals surface area contributed by atoms with E-state index in [2.05, 4.69) is 0 Å². The maximum Gasteiger partial charge on any atom is 0.282 e. The topological polar surface area (TPSA) is 60.9 Å². The van der Waals surface area contributed by atoms with E-state index in [1.165, 1.54) is 32.9 Å². The van der Waals surface area contributed by atoms with E-state index in [1.807, 2.05) is 0 Å². The van der Waals surface area contributed by atoms with Crippen molar-refractivity contribution in [1.82, 2.24) is 8.61 Å². The van der Waals surface area contributed by atoms with Gasteiger partial charge in [0.05, 0.1) is 6.10 Å². The fourth-order valence-electron chi connectivity index (χ4n) is 3.00. The summed E-state index contributed by atoms with van der Waals surface area (Å²) in [7, 11) is -3.54. The van der Waals surface area contributed by atoms with Crippen molar-refractivity contribution in [2.24, 2.45) is 0 Å². The molecule has 7 heteroatoms. The third-order valence-corrected chi connectivity index (χ3v) is 6.56. The minimum absolute atomic E-state index is 0.0166. The first-order valence-electron chi connectivity index (χ1n) is 8.19. The minimum atomic E-state index is -3.54. The summed E-state index contributed by atoms with van der Waals surface area (Å²) in [4.78, 5) is 0. The molecule has 2 fully saturated rings. The van der Waals surface area contributed by atoms with Gasteiger partial charge in [0.25, 0.3) is 10.2 Å². The Morgan fingerprint density at radius 2 is 1.78 bits per heavy atom. The number of aliphatic hydroxyl groups excluding tert-OH is 1. The second kappa shape index (κ2) is 6.84. The Labute approximate surface area is 136 Å². The summed E-state index contributed by atoms with van der Waals surface area (Å²) < 4.78 is 41.7. The van der Waals surface area contributed by atoms with Crippen LogP contribution in [0.25, 0.3) is 0 Å². The van der Waals surface area contributed by atoms with Crippen molar-refractivity contribution in [3.8, 4) is 0 Å². The molecule has 3 rings (SSSR count). The van der Waals surface area contributed by atoms with Gasteiger partial charge in [0.2, 0.25) is 0 Å². The van der Waals surface area contributed by atoms with Crippen LogP contribution in [-0.2, 0) is 10.2 Å². The zero-order valence-electron chi connectivity index (χ0n) is 13.1. The highest BCUT2D eigenvalue weighted by Crippen LogP contribution is 2.33. The third-order valence-electron chi connectivity index (χ3n) is 4.50. The van der Waals surface area contributed by atoms with E-state index in [9.17, 15) is 17.9 Å². The Kier molecular flexibility index (Phi) is 5.01. The van der Waals surface area contributed by atoms with Crippen molar-refractivity contribution in [3.63, 3.8) is 0 Å². The first-order chi connectivity index (χ1) is 11.0. The van der Waals surface area contributed by atoms with E-state index >= 15 is 0 Å². The van der Waals surface area contributed by atoms with Gasteiger partial charge in [0.15, 0.2) is 0 Å². The van der Waals surface area contributed by atoms with E-state index in [4.69, 9.17) is 0 Å². The van der Waals surface area contributed by atoms with Crippen LogP contribution in [-0.4, -0.2) is 47.8 Å². The Morgan fingerprint density at radius 1 is 1.17 bits per heavy atom. The van der Waals surface area contributed by atoms with Crippen LogP contribution in [0.1, 0.15) is 43.8 Å². The maximum absolute atomic E-state index is 13.0. The summed E-state index contributed by atoms with van der Waals surface area (Å²) in [6.45, 7) is 1.13. The summed E-state index contributed by atoms with van der Waals surface area (Å²) in [6, 6.07) is 5.53. The molecule has 1 N–H and O–H groups in total. The summed E-state index contributed by atoms with van der Waals surface area (Å²) in [6.07, 6.45) is 3.56. The van der Waals surface area contributed by atoms with Crippen molar-refractivity contribution in [2.45, 2.75) is 44.2 Å². The fourth-order valence-corrected chi connectivity index (χ4v) is 4.93. The van der Waals surface area contributed by atoms with Gasteiger partial charge in [0.1, 0.15) is 5.82 Å². The Hall–Kier alpha value is -1.02. The van der Waals surface area contributed by atoms with Crippen LogP contribution in [0, 0.1) is 5.82 Å². The van der Waals surface area contributed by atoms with Crippen LogP contribution in [0.15, 0.2) is 24.3 Å². The average Bonchev–Trinajstić information content (AvgIpc) is 3.38. The van der Waals surface area contributed by atoms with Crippen LogP contribution >= 0.6 is 0 Å². The number of hydrogen-bond acceptors (Lipinski definition) is 3. The zero-order valence-corrected chi connectivity index (χ0v) is 13.9. The predicted octanol–water partition coefficient (Wildman–Crippen LogP) is 2.05. The maximum atomic E-state index is 13.0. The SMILES string of the molecule is O=S(=O)(N1CCCCC1)N(C[C@H](O)c1ccc(F)cc1)C1CC1. The largest absolute Gasteiger partial charge is 0.387 e. The van der Waals surface area contributed by atoms with Crippen LogP contribution < -0.4 is 0 Å². The van der Waals surface area contributed by atoms with Crippen molar-refractivity contribution < 1.29 is 17.9 Å². The molecule has 0 unspecified atom stereocenters. The molecule has 1 saturated carbocycles. The van der Waals surface area contributed by atoms with Crippen molar-refractivity contribution in [2.75, 3.05) is 19.6 Å². The average molecular weight is 342 g/mol. The number of nitrogens with zero attached hydrogens (tertiary/aromatic N) is 2. The van der Waals surface area contributed by atoms with Gasteiger partial charge < -0.3 is 5.11 Å². The summed E-state index contributed by atoms with van der Waals surface area (Å²) >= 11 is 0. The molecule has 128 valence electrons.